The Hall–Kier alpha value is -2.96. The zero-order chi connectivity index (χ0) is 19.7. The third-order valence-electron chi connectivity index (χ3n) is 5.96. The van der Waals surface area contributed by atoms with Crippen molar-refractivity contribution in [3.05, 3.63) is 36.5 Å². The lowest BCUT2D eigenvalue weighted by Crippen LogP contribution is -2.49. The number of benzene rings is 1. The van der Waals surface area contributed by atoms with Crippen LogP contribution in [-0.4, -0.2) is 39.8 Å². The van der Waals surface area contributed by atoms with E-state index in [0.29, 0.717) is 24.4 Å². The van der Waals surface area contributed by atoms with Gasteiger partial charge in [-0.1, -0.05) is 31.5 Å². The van der Waals surface area contributed by atoms with Crippen molar-refractivity contribution in [3.63, 3.8) is 0 Å². The third kappa shape index (κ3) is 3.32. The molecule has 1 aliphatic carbocycles. The minimum Gasteiger partial charge on any atom is -0.323 e. The maximum Gasteiger partial charge on any atom is 0.325 e. The van der Waals surface area contributed by atoms with Gasteiger partial charge < -0.3 is 10.6 Å². The molecule has 2 N–H and O–H groups in total. The molecule has 2 aromatic rings. The summed E-state index contributed by atoms with van der Waals surface area (Å²) < 4.78 is 0. The Bertz CT molecular complexity index is 934. The molecule has 4 amide bonds. The van der Waals surface area contributed by atoms with Crippen molar-refractivity contribution in [1.29, 1.82) is 0 Å². The van der Waals surface area contributed by atoms with Crippen LogP contribution in [0.1, 0.15) is 39.0 Å². The van der Waals surface area contributed by atoms with Gasteiger partial charge in [0.25, 0.3) is 5.91 Å². The molecule has 1 aliphatic heterocycles. The van der Waals surface area contributed by atoms with E-state index in [9.17, 15) is 14.4 Å². The Morgan fingerprint density at radius 3 is 2.79 bits per heavy atom. The number of nitrogens with one attached hydrogen (secondary N) is 2. The van der Waals surface area contributed by atoms with Crippen LogP contribution in [0.2, 0.25) is 0 Å². The lowest BCUT2D eigenvalue weighted by molar-refractivity contribution is -0.135. The summed E-state index contributed by atoms with van der Waals surface area (Å²) in [6.07, 6.45) is 5.78. The number of carbonyl (C=O) groups excluding carboxylic acids is 3. The van der Waals surface area contributed by atoms with Gasteiger partial charge in [0.2, 0.25) is 5.91 Å². The highest BCUT2D eigenvalue weighted by Gasteiger charge is 2.52. The van der Waals surface area contributed by atoms with E-state index in [1.807, 2.05) is 30.3 Å². The summed E-state index contributed by atoms with van der Waals surface area (Å²) in [6.45, 7) is 1.85. The number of hydrogen-bond donors (Lipinski definition) is 2. The van der Waals surface area contributed by atoms with Crippen LogP contribution in [0.5, 0.6) is 0 Å². The van der Waals surface area contributed by atoms with Gasteiger partial charge in [-0.2, -0.15) is 0 Å². The molecule has 1 saturated carbocycles. The second-order valence-electron chi connectivity index (χ2n) is 7.72. The molecule has 146 valence electrons. The summed E-state index contributed by atoms with van der Waals surface area (Å²) in [7, 11) is 0. The van der Waals surface area contributed by atoms with Crippen molar-refractivity contribution in [2.75, 3.05) is 11.9 Å². The van der Waals surface area contributed by atoms with E-state index in [1.54, 1.807) is 6.20 Å². The summed E-state index contributed by atoms with van der Waals surface area (Å²) in [5.41, 5.74) is 0.543. The summed E-state index contributed by atoms with van der Waals surface area (Å²) in [6, 6.07) is 8.93. The monoisotopic (exact) mass is 380 g/mol. The highest BCUT2D eigenvalue weighted by molar-refractivity contribution is 6.10. The molecule has 7 heteroatoms. The number of nitrogens with zero attached hydrogens (tertiary/aromatic N) is 2. The van der Waals surface area contributed by atoms with E-state index < -0.39 is 17.5 Å². The molecule has 0 unspecified atom stereocenters. The van der Waals surface area contributed by atoms with Crippen molar-refractivity contribution in [1.82, 2.24) is 15.2 Å². The fourth-order valence-corrected chi connectivity index (χ4v) is 4.22. The van der Waals surface area contributed by atoms with Crippen molar-refractivity contribution < 1.29 is 14.4 Å². The number of para-hydroxylation sites is 1. The summed E-state index contributed by atoms with van der Waals surface area (Å²) in [5, 5.41) is 6.49. The highest BCUT2D eigenvalue weighted by Crippen LogP contribution is 2.37. The molecule has 0 radical (unpaired) electrons. The minimum absolute atomic E-state index is 0.279. The maximum atomic E-state index is 12.9. The van der Waals surface area contributed by atoms with Gasteiger partial charge in [-0.25, -0.2) is 4.79 Å². The number of imide groups is 1. The largest absolute Gasteiger partial charge is 0.325 e. The lowest BCUT2D eigenvalue weighted by Gasteiger charge is -2.34. The van der Waals surface area contributed by atoms with Gasteiger partial charge >= 0.3 is 6.03 Å². The Balaban J connectivity index is 1.42. The van der Waals surface area contributed by atoms with E-state index in [0.717, 1.165) is 35.1 Å². The maximum absolute atomic E-state index is 12.9. The minimum atomic E-state index is -0.826. The van der Waals surface area contributed by atoms with E-state index in [-0.39, 0.29) is 12.5 Å². The van der Waals surface area contributed by atoms with Crippen LogP contribution >= 0.6 is 0 Å². The Labute approximate surface area is 163 Å². The number of pyridine rings is 1. The van der Waals surface area contributed by atoms with Crippen LogP contribution in [0, 0.1) is 5.92 Å². The zero-order valence-electron chi connectivity index (χ0n) is 15.9. The van der Waals surface area contributed by atoms with Gasteiger partial charge in [-0.3, -0.25) is 19.5 Å². The number of aromatic nitrogens is 1. The highest BCUT2D eigenvalue weighted by atomic mass is 16.2. The van der Waals surface area contributed by atoms with E-state index in [1.165, 1.54) is 0 Å². The number of amides is 4. The molecule has 1 aromatic heterocycles. The third-order valence-corrected chi connectivity index (χ3v) is 5.96. The second-order valence-corrected chi connectivity index (χ2v) is 7.72. The van der Waals surface area contributed by atoms with Gasteiger partial charge in [-0.15, -0.1) is 0 Å². The molecule has 1 saturated heterocycles. The average molecular weight is 380 g/mol. The van der Waals surface area contributed by atoms with Crippen molar-refractivity contribution in [3.8, 4) is 0 Å². The van der Waals surface area contributed by atoms with E-state index in [4.69, 9.17) is 0 Å². The molecule has 28 heavy (non-hydrogen) atoms. The molecule has 2 heterocycles. The van der Waals surface area contributed by atoms with Gasteiger partial charge in [0.05, 0.1) is 17.4 Å². The van der Waals surface area contributed by atoms with Crippen LogP contribution in [0.25, 0.3) is 10.9 Å². The summed E-state index contributed by atoms with van der Waals surface area (Å²) in [4.78, 5) is 43.1. The zero-order valence-corrected chi connectivity index (χ0v) is 15.9. The molecular formula is C21H24N4O3. The quantitative estimate of drug-likeness (QED) is 0.798. The number of hydrogen-bond acceptors (Lipinski definition) is 4. The van der Waals surface area contributed by atoms with Gasteiger partial charge in [0.15, 0.2) is 0 Å². The number of fused-ring (bicyclic) bond motifs is 1. The van der Waals surface area contributed by atoms with Crippen LogP contribution < -0.4 is 10.6 Å². The smallest absolute Gasteiger partial charge is 0.323 e. The Morgan fingerprint density at radius 1 is 1.29 bits per heavy atom. The molecule has 1 aromatic carbocycles. The van der Waals surface area contributed by atoms with Crippen LogP contribution in [0.4, 0.5) is 10.5 Å². The van der Waals surface area contributed by atoms with Crippen LogP contribution in [-0.2, 0) is 9.59 Å². The second kappa shape index (κ2) is 7.22. The van der Waals surface area contributed by atoms with Gasteiger partial charge in [-0.05, 0) is 43.7 Å². The van der Waals surface area contributed by atoms with Crippen molar-refractivity contribution in [2.45, 2.75) is 44.6 Å². The number of urea groups is 1. The Kier molecular flexibility index (Phi) is 4.75. The van der Waals surface area contributed by atoms with Crippen LogP contribution in [0.3, 0.4) is 0 Å². The molecule has 0 atom stereocenters. The summed E-state index contributed by atoms with van der Waals surface area (Å²) >= 11 is 0. The van der Waals surface area contributed by atoms with Gasteiger partial charge in [0.1, 0.15) is 12.1 Å². The molecule has 1 spiro atoms. The first-order chi connectivity index (χ1) is 13.5. The normalized spacial score (nSPS) is 24.6. The molecule has 7 nitrogen and oxygen atoms in total. The molecule has 2 aliphatic rings. The average Bonchev–Trinajstić information content (AvgIpc) is 2.92. The first-order valence-corrected chi connectivity index (χ1v) is 9.79. The lowest BCUT2D eigenvalue weighted by atomic mass is 9.75. The van der Waals surface area contributed by atoms with E-state index in [2.05, 4.69) is 22.5 Å². The summed E-state index contributed by atoms with van der Waals surface area (Å²) in [5.74, 6) is -0.0909. The van der Waals surface area contributed by atoms with Crippen molar-refractivity contribution >= 4 is 34.4 Å². The fraction of sp³-hybridized carbons (Fsp3) is 0.429. The number of anilines is 1. The fourth-order valence-electron chi connectivity index (χ4n) is 4.22. The first kappa shape index (κ1) is 18.4. The van der Waals surface area contributed by atoms with Gasteiger partial charge in [0, 0.05) is 5.39 Å². The molecule has 0 bridgehead atoms. The Morgan fingerprint density at radius 2 is 2.04 bits per heavy atom. The molecule has 4 rings (SSSR count). The topological polar surface area (TPSA) is 91.4 Å². The molecule has 2 fully saturated rings. The van der Waals surface area contributed by atoms with Crippen molar-refractivity contribution in [2.24, 2.45) is 5.92 Å². The number of carbonyl (C=O) groups is 3. The first-order valence-electron chi connectivity index (χ1n) is 9.79. The van der Waals surface area contributed by atoms with E-state index >= 15 is 0 Å². The standard InChI is InChI=1S/C21H24N4O3/c1-2-14-7-9-21(10-8-14)19(27)25(20(28)24-21)13-18(26)23-16-11-15-5-3-4-6-17(15)22-12-16/h3-6,11-12,14H,2,7-10,13H2,1H3,(H,23,26)(H,24,28). The SMILES string of the molecule is CCC1CCC2(CC1)NC(=O)N(CC(=O)Nc1cnc3ccccc3c1)C2=O. The predicted molar refractivity (Wildman–Crippen MR) is 106 cm³/mol. The molecular weight excluding hydrogens is 356 g/mol. The number of rotatable bonds is 4. The van der Waals surface area contributed by atoms with Crippen LogP contribution in [0.15, 0.2) is 36.5 Å². The predicted octanol–water partition coefficient (Wildman–Crippen LogP) is 3.06.